The molecule has 34 heavy (non-hydrogen) atoms. The number of rotatable bonds is 9. The van der Waals surface area contributed by atoms with E-state index in [9.17, 15) is 24.3 Å². The number of nitrogens with zero attached hydrogens (tertiary/aromatic N) is 1. The molecule has 0 saturated heterocycles. The van der Waals surface area contributed by atoms with Gasteiger partial charge in [-0.3, -0.25) is 14.4 Å². The first-order valence-corrected chi connectivity index (χ1v) is 10.8. The molecule has 0 saturated carbocycles. The van der Waals surface area contributed by atoms with Crippen LogP contribution >= 0.6 is 23.2 Å². The molecule has 1 aliphatic heterocycles. The molecule has 2 atom stereocenters. The number of esters is 1. The highest BCUT2D eigenvalue weighted by Crippen LogP contribution is 2.27. The fourth-order valence-electron chi connectivity index (χ4n) is 3.18. The Balaban J connectivity index is 1.65. The smallest absolute Gasteiger partial charge is 0.341 e. The van der Waals surface area contributed by atoms with Gasteiger partial charge < -0.3 is 20.0 Å². The molecule has 0 radical (unpaired) electrons. The van der Waals surface area contributed by atoms with Crippen LogP contribution in [0.1, 0.15) is 35.7 Å². The Kier molecular flexibility index (Phi) is 7.90. The fraction of sp³-hybridized carbons (Fsp3) is 0.261. The summed E-state index contributed by atoms with van der Waals surface area (Å²) in [6.07, 6.45) is -0.617. The van der Waals surface area contributed by atoms with Crippen LogP contribution in [0.25, 0.3) is 0 Å². The summed E-state index contributed by atoms with van der Waals surface area (Å²) in [6, 6.07) is 12.0. The van der Waals surface area contributed by atoms with Gasteiger partial charge in [0.2, 0.25) is 5.60 Å². The molecule has 3 rings (SSSR count). The molecule has 0 spiro atoms. The molecule has 2 N–H and O–H groups in total. The van der Waals surface area contributed by atoms with Gasteiger partial charge in [-0.05, 0) is 24.6 Å². The Morgan fingerprint density at radius 3 is 2.38 bits per heavy atom. The number of carboxylic acids is 1. The first-order chi connectivity index (χ1) is 16.1. The summed E-state index contributed by atoms with van der Waals surface area (Å²) in [5.74, 6) is -3.87. The molecular weight excluding hydrogens is 487 g/mol. The lowest BCUT2D eigenvalue weighted by molar-refractivity contribution is -0.146. The highest BCUT2D eigenvalue weighted by atomic mass is 35.5. The van der Waals surface area contributed by atoms with Crippen molar-refractivity contribution in [2.24, 2.45) is 5.16 Å². The topological polar surface area (TPSA) is 131 Å². The SMILES string of the molecule is CC1(C(=O)N[C@@H](CC(=O)O)C(=O)COC(=O)c2c(Cl)cccc2Cl)CC(c2ccccc2)=NO1. The van der Waals surface area contributed by atoms with E-state index in [1.54, 1.807) is 0 Å². The average molecular weight is 507 g/mol. The second-order valence-electron chi connectivity index (χ2n) is 7.67. The van der Waals surface area contributed by atoms with Crippen LogP contribution in [-0.4, -0.2) is 52.7 Å². The van der Waals surface area contributed by atoms with Gasteiger partial charge in [0.1, 0.15) is 6.04 Å². The summed E-state index contributed by atoms with van der Waals surface area (Å²) in [6.45, 7) is 0.672. The fourth-order valence-corrected chi connectivity index (χ4v) is 3.73. The van der Waals surface area contributed by atoms with Crippen LogP contribution in [0.15, 0.2) is 53.7 Å². The molecule has 2 aromatic carbocycles. The molecule has 1 unspecified atom stereocenters. The largest absolute Gasteiger partial charge is 0.481 e. The Hall–Kier alpha value is -3.43. The quantitative estimate of drug-likeness (QED) is 0.498. The van der Waals surface area contributed by atoms with Gasteiger partial charge in [0, 0.05) is 6.42 Å². The molecule has 1 heterocycles. The normalized spacial score (nSPS) is 17.8. The number of carbonyl (C=O) groups is 4. The standard InChI is InChI=1S/C23H20Cl2N2O7/c1-23(11-17(27-34-23)13-6-3-2-4-7-13)22(32)26-16(10-19(29)30)18(28)12-33-21(31)20-14(24)8-5-9-15(20)25/h2-9,16H,10-12H2,1H3,(H,26,32)(H,29,30)/t16-,23?/m0/s1. The van der Waals surface area contributed by atoms with Crippen LogP contribution in [0.3, 0.4) is 0 Å². The molecule has 0 aliphatic carbocycles. The average Bonchev–Trinajstić information content (AvgIpc) is 3.20. The molecule has 0 bridgehead atoms. The lowest BCUT2D eigenvalue weighted by atomic mass is 9.94. The number of benzene rings is 2. The highest BCUT2D eigenvalue weighted by molar-refractivity contribution is 6.39. The Labute approximate surface area is 204 Å². The van der Waals surface area contributed by atoms with Crippen molar-refractivity contribution in [1.82, 2.24) is 5.32 Å². The number of oxime groups is 1. The number of halogens is 2. The monoisotopic (exact) mass is 506 g/mol. The molecule has 9 nitrogen and oxygen atoms in total. The van der Waals surface area contributed by atoms with E-state index in [-0.39, 0.29) is 22.0 Å². The number of ketones is 1. The van der Waals surface area contributed by atoms with Gasteiger partial charge in [-0.25, -0.2) is 4.79 Å². The molecule has 1 amide bonds. The van der Waals surface area contributed by atoms with Crippen molar-refractivity contribution in [3.8, 4) is 0 Å². The Morgan fingerprint density at radius 2 is 1.76 bits per heavy atom. The number of Topliss-reactive ketones (excluding diaryl/α,β-unsaturated/α-hetero) is 1. The van der Waals surface area contributed by atoms with Crippen molar-refractivity contribution in [3.05, 3.63) is 69.7 Å². The second-order valence-corrected chi connectivity index (χ2v) is 8.48. The number of hydrogen-bond acceptors (Lipinski definition) is 7. The summed E-state index contributed by atoms with van der Waals surface area (Å²) in [5, 5.41) is 15.6. The van der Waals surface area contributed by atoms with E-state index in [0.717, 1.165) is 5.56 Å². The maximum atomic E-state index is 12.9. The van der Waals surface area contributed by atoms with Gasteiger partial charge in [0.15, 0.2) is 12.4 Å². The summed E-state index contributed by atoms with van der Waals surface area (Å²) in [5.41, 5.74) is -0.286. The first kappa shape index (κ1) is 25.2. The molecule has 1 aliphatic rings. The van der Waals surface area contributed by atoms with Crippen LogP contribution in [0, 0.1) is 0 Å². The van der Waals surface area contributed by atoms with Gasteiger partial charge in [-0.15, -0.1) is 0 Å². The minimum atomic E-state index is -1.47. The molecule has 0 fully saturated rings. The number of carboxylic acid groups (broad SMARTS) is 1. The van der Waals surface area contributed by atoms with E-state index >= 15 is 0 Å². The summed E-state index contributed by atoms with van der Waals surface area (Å²) < 4.78 is 4.97. The van der Waals surface area contributed by atoms with E-state index < -0.39 is 48.3 Å². The predicted molar refractivity (Wildman–Crippen MR) is 123 cm³/mol. The van der Waals surface area contributed by atoms with Crippen molar-refractivity contribution in [1.29, 1.82) is 0 Å². The van der Waals surface area contributed by atoms with Crippen LogP contribution in [-0.2, 0) is 24.0 Å². The van der Waals surface area contributed by atoms with Crippen molar-refractivity contribution < 1.29 is 33.9 Å². The predicted octanol–water partition coefficient (Wildman–Crippen LogP) is 3.26. The van der Waals surface area contributed by atoms with Crippen LogP contribution in [0.4, 0.5) is 0 Å². The van der Waals surface area contributed by atoms with E-state index in [4.69, 9.17) is 32.8 Å². The number of nitrogens with one attached hydrogen (secondary N) is 1. The maximum Gasteiger partial charge on any atom is 0.341 e. The first-order valence-electron chi connectivity index (χ1n) is 10.1. The number of hydrogen-bond donors (Lipinski definition) is 2. The third kappa shape index (κ3) is 5.92. The van der Waals surface area contributed by atoms with Gasteiger partial charge >= 0.3 is 11.9 Å². The lowest BCUT2D eigenvalue weighted by Crippen LogP contribution is -2.52. The lowest BCUT2D eigenvalue weighted by Gasteiger charge is -2.24. The van der Waals surface area contributed by atoms with Gasteiger partial charge in [0.25, 0.3) is 5.91 Å². The van der Waals surface area contributed by atoms with Gasteiger partial charge in [-0.1, -0.05) is 64.8 Å². The van der Waals surface area contributed by atoms with Gasteiger partial charge in [-0.2, -0.15) is 0 Å². The zero-order chi connectivity index (χ0) is 24.9. The highest BCUT2D eigenvalue weighted by Gasteiger charge is 2.43. The number of amides is 1. The summed E-state index contributed by atoms with van der Waals surface area (Å²) in [4.78, 5) is 54.5. The number of carbonyl (C=O) groups excluding carboxylic acids is 3. The van der Waals surface area contributed by atoms with Crippen LogP contribution in [0.5, 0.6) is 0 Å². The molecule has 0 aromatic heterocycles. The van der Waals surface area contributed by atoms with Crippen LogP contribution in [0.2, 0.25) is 10.0 Å². The number of aliphatic carboxylic acids is 1. The van der Waals surface area contributed by atoms with Crippen molar-refractivity contribution >= 4 is 52.5 Å². The van der Waals surface area contributed by atoms with E-state index in [1.165, 1.54) is 25.1 Å². The van der Waals surface area contributed by atoms with Crippen LogP contribution < -0.4 is 5.32 Å². The molecule has 11 heteroatoms. The summed E-state index contributed by atoms with van der Waals surface area (Å²) >= 11 is 11.9. The van der Waals surface area contributed by atoms with Crippen molar-refractivity contribution in [2.45, 2.75) is 31.4 Å². The minimum Gasteiger partial charge on any atom is -0.481 e. The molecule has 2 aromatic rings. The zero-order valence-corrected chi connectivity index (χ0v) is 19.4. The van der Waals surface area contributed by atoms with E-state index in [1.807, 2.05) is 30.3 Å². The van der Waals surface area contributed by atoms with E-state index in [0.29, 0.717) is 5.71 Å². The minimum absolute atomic E-state index is 0.0286. The Morgan fingerprint density at radius 1 is 1.12 bits per heavy atom. The molecular formula is C23H20Cl2N2O7. The second kappa shape index (κ2) is 10.7. The third-order valence-corrected chi connectivity index (χ3v) is 5.66. The number of ether oxygens (including phenoxy) is 1. The summed E-state index contributed by atoms with van der Waals surface area (Å²) in [7, 11) is 0. The maximum absolute atomic E-state index is 12.9. The third-order valence-electron chi connectivity index (χ3n) is 5.03. The van der Waals surface area contributed by atoms with Crippen molar-refractivity contribution in [2.75, 3.05) is 6.61 Å². The van der Waals surface area contributed by atoms with E-state index in [2.05, 4.69) is 10.5 Å². The van der Waals surface area contributed by atoms with Gasteiger partial charge in [0.05, 0.1) is 27.7 Å². The zero-order valence-electron chi connectivity index (χ0n) is 17.9. The van der Waals surface area contributed by atoms with Crippen molar-refractivity contribution in [3.63, 3.8) is 0 Å². The Bertz CT molecular complexity index is 1130. The molecule has 178 valence electrons.